The molecule has 0 N–H and O–H groups in total. The summed E-state index contributed by atoms with van der Waals surface area (Å²) in [6, 6.07) is 17.0. The van der Waals surface area contributed by atoms with E-state index >= 15 is 0 Å². The Morgan fingerprint density at radius 2 is 1.63 bits per heavy atom. The monoisotopic (exact) mass is 249 g/mol. The summed E-state index contributed by atoms with van der Waals surface area (Å²) < 4.78 is 4.27. The van der Waals surface area contributed by atoms with Gasteiger partial charge in [0.1, 0.15) is 23.8 Å². The molecule has 19 heavy (non-hydrogen) atoms. The van der Waals surface area contributed by atoms with E-state index in [0.717, 1.165) is 0 Å². The van der Waals surface area contributed by atoms with Gasteiger partial charge in [-0.15, -0.1) is 0 Å². The van der Waals surface area contributed by atoms with E-state index in [9.17, 15) is 0 Å². The Bertz CT molecular complexity index is 651. The lowest BCUT2D eigenvalue weighted by atomic mass is 10.2. The average molecular weight is 249 g/mol. The van der Waals surface area contributed by atoms with Gasteiger partial charge in [0, 0.05) is 0 Å². The van der Waals surface area contributed by atoms with E-state index in [4.69, 9.17) is 0 Å². The normalized spacial score (nSPS) is 10.6. The second-order valence-corrected chi connectivity index (χ2v) is 4.91. The van der Waals surface area contributed by atoms with Crippen LogP contribution in [0.5, 0.6) is 0 Å². The molecule has 0 aliphatic carbocycles. The number of benzene rings is 2. The summed E-state index contributed by atoms with van der Waals surface area (Å²) in [5.74, 6) is 0. The summed E-state index contributed by atoms with van der Waals surface area (Å²) in [6.45, 7) is 4.23. The van der Waals surface area contributed by atoms with E-state index in [1.807, 2.05) is 0 Å². The first kappa shape index (κ1) is 11.7. The maximum Gasteiger partial charge on any atom is 0.254 e. The van der Waals surface area contributed by atoms with Gasteiger partial charge in [-0.2, -0.15) is 0 Å². The van der Waals surface area contributed by atoms with Crippen LogP contribution < -0.4 is 4.57 Å². The molecule has 2 aromatic carbocycles. The first-order valence-electron chi connectivity index (χ1n) is 6.46. The SMILES string of the molecule is Cc1cccc(-n2cc[n+](-c3cccc(C)c3)c2)c1. The number of imidazole rings is 1. The Balaban J connectivity index is 2.00. The van der Waals surface area contributed by atoms with Crippen molar-refractivity contribution < 1.29 is 4.57 Å². The van der Waals surface area contributed by atoms with E-state index in [2.05, 4.69) is 90.2 Å². The fourth-order valence-electron chi connectivity index (χ4n) is 2.24. The van der Waals surface area contributed by atoms with Gasteiger partial charge < -0.3 is 0 Å². The highest BCUT2D eigenvalue weighted by atomic mass is 15.1. The van der Waals surface area contributed by atoms with Gasteiger partial charge in [0.2, 0.25) is 0 Å². The molecule has 0 radical (unpaired) electrons. The van der Waals surface area contributed by atoms with Crippen LogP contribution in [0.2, 0.25) is 0 Å². The Morgan fingerprint density at radius 3 is 2.37 bits per heavy atom. The Kier molecular flexibility index (Phi) is 2.92. The molecule has 0 atom stereocenters. The van der Waals surface area contributed by atoms with Crippen LogP contribution in [-0.4, -0.2) is 4.57 Å². The van der Waals surface area contributed by atoms with Crippen molar-refractivity contribution in [2.75, 3.05) is 0 Å². The van der Waals surface area contributed by atoms with Crippen molar-refractivity contribution in [3.63, 3.8) is 0 Å². The molecule has 94 valence electrons. The van der Waals surface area contributed by atoms with E-state index in [1.165, 1.54) is 22.5 Å². The van der Waals surface area contributed by atoms with Crippen LogP contribution >= 0.6 is 0 Å². The van der Waals surface area contributed by atoms with Crippen molar-refractivity contribution in [2.45, 2.75) is 13.8 Å². The minimum Gasteiger partial charge on any atom is -0.202 e. The van der Waals surface area contributed by atoms with Crippen LogP contribution in [0.4, 0.5) is 0 Å². The molecule has 0 saturated heterocycles. The summed E-state index contributed by atoms with van der Waals surface area (Å²) in [5, 5.41) is 0. The summed E-state index contributed by atoms with van der Waals surface area (Å²) in [4.78, 5) is 0. The van der Waals surface area contributed by atoms with Gasteiger partial charge in [-0.1, -0.05) is 24.3 Å². The van der Waals surface area contributed by atoms with Crippen molar-refractivity contribution in [1.82, 2.24) is 4.57 Å². The Hall–Kier alpha value is -2.35. The van der Waals surface area contributed by atoms with Crippen LogP contribution in [0.25, 0.3) is 11.4 Å². The second kappa shape index (κ2) is 4.73. The highest BCUT2D eigenvalue weighted by Crippen LogP contribution is 2.10. The predicted octanol–water partition coefficient (Wildman–Crippen LogP) is 3.37. The largest absolute Gasteiger partial charge is 0.254 e. The third-order valence-electron chi connectivity index (χ3n) is 3.24. The fourth-order valence-corrected chi connectivity index (χ4v) is 2.24. The lowest BCUT2D eigenvalue weighted by Gasteiger charge is -1.98. The number of hydrogen-bond acceptors (Lipinski definition) is 0. The number of aryl methyl sites for hydroxylation is 2. The molecule has 0 amide bonds. The molecule has 3 rings (SSSR count). The number of aromatic nitrogens is 2. The quantitative estimate of drug-likeness (QED) is 0.616. The minimum atomic E-state index is 1.19. The molecule has 0 unspecified atom stereocenters. The molecule has 0 spiro atoms. The molecule has 3 aromatic rings. The fraction of sp³-hybridized carbons (Fsp3) is 0.118. The average Bonchev–Trinajstić information content (AvgIpc) is 2.88. The van der Waals surface area contributed by atoms with Crippen molar-refractivity contribution in [1.29, 1.82) is 0 Å². The summed E-state index contributed by atoms with van der Waals surface area (Å²) in [7, 11) is 0. The molecule has 0 aliphatic rings. The standard InChI is InChI=1S/C17H17N2/c1-14-5-3-7-16(11-14)18-9-10-19(13-18)17-8-4-6-15(2)12-17/h3-13H,1-2H3/q+1. The molecular formula is C17H17N2+. The highest BCUT2D eigenvalue weighted by molar-refractivity contribution is 5.35. The van der Waals surface area contributed by atoms with Crippen molar-refractivity contribution in [3.8, 4) is 11.4 Å². The molecule has 1 aromatic heterocycles. The maximum atomic E-state index is 2.18. The smallest absolute Gasteiger partial charge is 0.202 e. The summed E-state index contributed by atoms with van der Waals surface area (Å²) >= 11 is 0. The van der Waals surface area contributed by atoms with Crippen molar-refractivity contribution in [2.24, 2.45) is 0 Å². The summed E-state index contributed by atoms with van der Waals surface area (Å²) in [5.41, 5.74) is 4.92. The number of nitrogens with zero attached hydrogens (tertiary/aromatic N) is 2. The molecule has 1 heterocycles. The van der Waals surface area contributed by atoms with E-state index in [0.29, 0.717) is 0 Å². The zero-order valence-electron chi connectivity index (χ0n) is 11.2. The third-order valence-corrected chi connectivity index (χ3v) is 3.24. The Labute approximate surface area is 113 Å². The lowest BCUT2D eigenvalue weighted by Crippen LogP contribution is -2.27. The van der Waals surface area contributed by atoms with Crippen LogP contribution in [-0.2, 0) is 0 Å². The van der Waals surface area contributed by atoms with E-state index in [-0.39, 0.29) is 0 Å². The molecular weight excluding hydrogens is 232 g/mol. The highest BCUT2D eigenvalue weighted by Gasteiger charge is 2.08. The third kappa shape index (κ3) is 2.43. The maximum absolute atomic E-state index is 2.18. The topological polar surface area (TPSA) is 8.81 Å². The van der Waals surface area contributed by atoms with Crippen LogP contribution in [0.1, 0.15) is 11.1 Å². The first-order chi connectivity index (χ1) is 9.22. The van der Waals surface area contributed by atoms with Crippen LogP contribution in [0.15, 0.2) is 67.3 Å². The van der Waals surface area contributed by atoms with Crippen LogP contribution in [0, 0.1) is 13.8 Å². The van der Waals surface area contributed by atoms with Gasteiger partial charge in [-0.3, -0.25) is 0 Å². The molecule has 0 saturated carbocycles. The molecule has 2 nitrogen and oxygen atoms in total. The van der Waals surface area contributed by atoms with Gasteiger partial charge in [-0.25, -0.2) is 9.13 Å². The Morgan fingerprint density at radius 1 is 0.895 bits per heavy atom. The van der Waals surface area contributed by atoms with Crippen molar-refractivity contribution in [3.05, 3.63) is 78.4 Å². The predicted molar refractivity (Wildman–Crippen MR) is 76.8 cm³/mol. The van der Waals surface area contributed by atoms with Gasteiger partial charge >= 0.3 is 0 Å². The van der Waals surface area contributed by atoms with Gasteiger partial charge in [0.05, 0.1) is 0 Å². The molecule has 0 bridgehead atoms. The second-order valence-electron chi connectivity index (χ2n) is 4.91. The van der Waals surface area contributed by atoms with E-state index < -0.39 is 0 Å². The summed E-state index contributed by atoms with van der Waals surface area (Å²) in [6.07, 6.45) is 6.26. The van der Waals surface area contributed by atoms with Gasteiger partial charge in [0.25, 0.3) is 6.33 Å². The zero-order chi connectivity index (χ0) is 13.2. The van der Waals surface area contributed by atoms with Gasteiger partial charge in [0.15, 0.2) is 0 Å². The lowest BCUT2D eigenvalue weighted by molar-refractivity contribution is -0.594. The molecule has 0 fully saturated rings. The number of rotatable bonds is 2. The molecule has 2 heteroatoms. The number of hydrogen-bond donors (Lipinski definition) is 0. The minimum absolute atomic E-state index is 1.19. The van der Waals surface area contributed by atoms with Crippen LogP contribution in [0.3, 0.4) is 0 Å². The van der Waals surface area contributed by atoms with E-state index in [1.54, 1.807) is 0 Å². The van der Waals surface area contributed by atoms with Crippen molar-refractivity contribution >= 4 is 0 Å². The zero-order valence-corrected chi connectivity index (χ0v) is 11.2. The first-order valence-corrected chi connectivity index (χ1v) is 6.46. The van der Waals surface area contributed by atoms with Gasteiger partial charge in [-0.05, 0) is 49.2 Å². The molecule has 0 aliphatic heterocycles.